The molecule has 0 atom stereocenters. The Hall–Kier alpha value is -2.86. The van der Waals surface area contributed by atoms with Gasteiger partial charge >= 0.3 is 12.1 Å². The van der Waals surface area contributed by atoms with Gasteiger partial charge in [-0.3, -0.25) is 10.3 Å². The molecule has 1 aromatic carbocycles. The van der Waals surface area contributed by atoms with Gasteiger partial charge in [-0.05, 0) is 24.3 Å². The first-order valence-corrected chi connectivity index (χ1v) is 10.6. The van der Waals surface area contributed by atoms with Crippen molar-refractivity contribution in [3.05, 3.63) is 29.8 Å². The van der Waals surface area contributed by atoms with E-state index < -0.39 is 18.1 Å². The molecule has 0 radical (unpaired) electrons. The summed E-state index contributed by atoms with van der Waals surface area (Å²) in [5, 5.41) is 25.3. The first kappa shape index (κ1) is 26.4. The minimum Gasteiger partial charge on any atom is -0.542 e. The number of amidine groups is 1. The Labute approximate surface area is 190 Å². The lowest BCUT2D eigenvalue weighted by Gasteiger charge is -2.45. The third-order valence-electron chi connectivity index (χ3n) is 6.13. The molecule has 2 aliphatic heterocycles. The van der Waals surface area contributed by atoms with Gasteiger partial charge in [0.2, 0.25) is 0 Å². The second-order valence-electron chi connectivity index (χ2n) is 8.62. The molecule has 0 aliphatic carbocycles. The molecule has 0 aromatic heterocycles. The number of hydrogen-bond donors (Lipinski definition) is 3. The van der Waals surface area contributed by atoms with Crippen molar-refractivity contribution in [2.45, 2.75) is 25.1 Å². The molecule has 0 saturated carbocycles. The number of carboxylic acid groups (broad SMARTS) is 2. The van der Waals surface area contributed by atoms with E-state index in [1.54, 1.807) is 0 Å². The second kappa shape index (κ2) is 10.8. The molecular formula is C21H30F3N5O4. The van der Waals surface area contributed by atoms with Gasteiger partial charge in [0.15, 0.2) is 6.54 Å². The number of carboxylic acids is 2. The Bertz CT molecular complexity index is 831. The third-order valence-corrected chi connectivity index (χ3v) is 6.13. The van der Waals surface area contributed by atoms with Crippen molar-refractivity contribution in [3.63, 3.8) is 0 Å². The van der Waals surface area contributed by atoms with Crippen LogP contribution in [0.3, 0.4) is 0 Å². The summed E-state index contributed by atoms with van der Waals surface area (Å²) in [5.41, 5.74) is 7.46. The van der Waals surface area contributed by atoms with E-state index in [1.807, 2.05) is 24.3 Å². The summed E-state index contributed by atoms with van der Waals surface area (Å²) in [6.45, 7) is 6.21. The Kier molecular flexibility index (Phi) is 8.67. The number of aliphatic carboxylic acids is 2. The zero-order valence-corrected chi connectivity index (χ0v) is 18.5. The summed E-state index contributed by atoms with van der Waals surface area (Å²) in [7, 11) is 2.06. The highest BCUT2D eigenvalue weighted by atomic mass is 19.4. The molecular weight excluding hydrogens is 443 g/mol. The van der Waals surface area contributed by atoms with E-state index in [9.17, 15) is 18.0 Å². The number of carbonyl (C=O) groups is 2. The summed E-state index contributed by atoms with van der Waals surface area (Å²) >= 11 is 0. The van der Waals surface area contributed by atoms with Crippen molar-refractivity contribution in [1.82, 2.24) is 4.90 Å². The minimum absolute atomic E-state index is 0.104. The molecule has 3 rings (SSSR count). The van der Waals surface area contributed by atoms with Gasteiger partial charge in [0, 0.05) is 56.3 Å². The average Bonchev–Trinajstić information content (AvgIpc) is 2.73. The van der Waals surface area contributed by atoms with Crippen LogP contribution in [0.1, 0.15) is 18.4 Å². The molecule has 33 heavy (non-hydrogen) atoms. The number of carbonyl (C=O) groups excluding carboxylic acids is 1. The predicted molar refractivity (Wildman–Crippen MR) is 114 cm³/mol. The van der Waals surface area contributed by atoms with E-state index in [1.165, 1.54) is 5.69 Å². The molecule has 0 amide bonds. The van der Waals surface area contributed by atoms with Crippen molar-refractivity contribution >= 4 is 23.5 Å². The normalized spacial score (nSPS) is 23.9. The van der Waals surface area contributed by atoms with Gasteiger partial charge in [-0.2, -0.15) is 13.2 Å². The number of piperidine rings is 1. The number of quaternary nitrogens is 1. The Morgan fingerprint density at radius 2 is 1.64 bits per heavy atom. The van der Waals surface area contributed by atoms with Crippen LogP contribution in [0.2, 0.25) is 0 Å². The maximum Gasteiger partial charge on any atom is 0.430 e. The Balaban J connectivity index is 0.000000479. The van der Waals surface area contributed by atoms with Gasteiger partial charge < -0.3 is 30.1 Å². The fourth-order valence-corrected chi connectivity index (χ4v) is 4.22. The summed E-state index contributed by atoms with van der Waals surface area (Å²) < 4.78 is 32.2. The van der Waals surface area contributed by atoms with Gasteiger partial charge in [-0.15, -0.1) is 0 Å². The highest BCUT2D eigenvalue weighted by Crippen LogP contribution is 2.24. The lowest BCUT2D eigenvalue weighted by atomic mass is 10.00. The van der Waals surface area contributed by atoms with E-state index in [-0.39, 0.29) is 12.4 Å². The van der Waals surface area contributed by atoms with Crippen LogP contribution in [0, 0.1) is 5.41 Å². The number of nitrogens with one attached hydrogen (secondary N) is 1. The van der Waals surface area contributed by atoms with E-state index in [0.717, 1.165) is 57.7 Å². The lowest BCUT2D eigenvalue weighted by Crippen LogP contribution is -2.58. The van der Waals surface area contributed by atoms with Gasteiger partial charge in [-0.25, -0.2) is 4.79 Å². The predicted octanol–water partition coefficient (Wildman–Crippen LogP) is 0.0849. The van der Waals surface area contributed by atoms with Crippen LogP contribution >= 0.6 is 0 Å². The number of anilines is 1. The number of nitrogens with two attached hydrogens (primary N) is 1. The largest absolute Gasteiger partial charge is 0.542 e. The van der Waals surface area contributed by atoms with Crippen molar-refractivity contribution < 1.29 is 37.5 Å². The lowest BCUT2D eigenvalue weighted by molar-refractivity contribution is -0.907. The van der Waals surface area contributed by atoms with Crippen LogP contribution in [0.4, 0.5) is 18.9 Å². The van der Waals surface area contributed by atoms with Crippen molar-refractivity contribution in [2.75, 3.05) is 57.8 Å². The molecule has 0 bridgehead atoms. The molecule has 2 aliphatic rings. The zero-order valence-electron chi connectivity index (χ0n) is 18.5. The number of hydrogen-bond acceptors (Lipinski definition) is 6. The van der Waals surface area contributed by atoms with Crippen LogP contribution in [0.5, 0.6) is 0 Å². The third kappa shape index (κ3) is 7.90. The Morgan fingerprint density at radius 1 is 1.15 bits per heavy atom. The first-order valence-electron chi connectivity index (χ1n) is 10.6. The Morgan fingerprint density at radius 3 is 2.03 bits per heavy atom. The van der Waals surface area contributed by atoms with Gasteiger partial charge in [-0.1, -0.05) is 0 Å². The van der Waals surface area contributed by atoms with E-state index in [2.05, 4.69) is 16.8 Å². The van der Waals surface area contributed by atoms with Gasteiger partial charge in [0.05, 0.1) is 20.1 Å². The summed E-state index contributed by atoms with van der Waals surface area (Å²) in [5.74, 6) is -3.60. The SMILES string of the molecule is C[N@+]1(CC(=O)O)CC[C@H](N2CCN(c3ccc(C(=N)N)cc3)CC2)CC1.O=C([O-])C(F)(F)F. The maximum atomic E-state index is 11.0. The highest BCUT2D eigenvalue weighted by Gasteiger charge is 2.35. The summed E-state index contributed by atoms with van der Waals surface area (Å²) in [6, 6.07) is 8.49. The number of piperazine rings is 1. The van der Waals surface area contributed by atoms with Crippen molar-refractivity contribution in [2.24, 2.45) is 5.73 Å². The van der Waals surface area contributed by atoms with E-state index in [0.29, 0.717) is 10.5 Å². The summed E-state index contributed by atoms with van der Waals surface area (Å²) in [4.78, 5) is 24.8. The number of likely N-dealkylation sites (tertiary alicyclic amines) is 1. The average molecular weight is 473 g/mol. The molecule has 12 heteroatoms. The van der Waals surface area contributed by atoms with Crippen LogP contribution in [-0.4, -0.2) is 97.3 Å². The van der Waals surface area contributed by atoms with Crippen LogP contribution in [-0.2, 0) is 9.59 Å². The van der Waals surface area contributed by atoms with Gasteiger partial charge in [0.1, 0.15) is 11.8 Å². The quantitative estimate of drug-likeness (QED) is 0.313. The molecule has 2 fully saturated rings. The monoisotopic (exact) mass is 473 g/mol. The number of halogens is 3. The van der Waals surface area contributed by atoms with Crippen molar-refractivity contribution in [3.8, 4) is 0 Å². The number of nitrogen functional groups attached to an aromatic ring is 1. The number of benzene rings is 1. The highest BCUT2D eigenvalue weighted by molar-refractivity contribution is 5.95. The first-order chi connectivity index (χ1) is 15.3. The molecule has 9 nitrogen and oxygen atoms in total. The number of alkyl halides is 3. The van der Waals surface area contributed by atoms with Crippen molar-refractivity contribution in [1.29, 1.82) is 5.41 Å². The number of likely N-dealkylation sites (N-methyl/N-ethyl adjacent to an activating group) is 1. The van der Waals surface area contributed by atoms with E-state index >= 15 is 0 Å². The van der Waals surface area contributed by atoms with Crippen LogP contribution < -0.4 is 15.7 Å². The number of rotatable bonds is 5. The second-order valence-corrected chi connectivity index (χ2v) is 8.62. The molecule has 1 aromatic rings. The topological polar surface area (TPSA) is 134 Å². The fraction of sp³-hybridized carbons (Fsp3) is 0.571. The molecule has 2 heterocycles. The van der Waals surface area contributed by atoms with Crippen LogP contribution in [0.15, 0.2) is 24.3 Å². The van der Waals surface area contributed by atoms with Gasteiger partial charge in [0.25, 0.3) is 0 Å². The molecule has 0 spiro atoms. The van der Waals surface area contributed by atoms with E-state index in [4.69, 9.17) is 26.2 Å². The molecule has 2 saturated heterocycles. The van der Waals surface area contributed by atoms with Crippen LogP contribution in [0.25, 0.3) is 0 Å². The maximum absolute atomic E-state index is 11.0. The number of nitrogens with zero attached hydrogens (tertiary/aromatic N) is 3. The standard InChI is InChI=1S/C19H29N5O2.C2HF3O2/c1-24(14-18(25)26)12-6-17(7-13-24)23-10-8-22(9-11-23)16-4-2-15(3-5-16)19(20)21;3-2(4,5)1(6)7/h2-5,17H,6-14H2,1H3,(H3-,20,21,25,26);(H,6,7)/t17-,24-;. The molecule has 184 valence electrons. The smallest absolute Gasteiger partial charge is 0.430 e. The molecule has 4 N–H and O–H groups in total. The minimum atomic E-state index is -5.19. The fourth-order valence-electron chi connectivity index (χ4n) is 4.22. The zero-order chi connectivity index (χ0) is 24.8. The molecule has 0 unspecified atom stereocenters. The summed E-state index contributed by atoms with van der Waals surface area (Å²) in [6.07, 6.45) is -3.03.